The Labute approximate surface area is 148 Å². The molecule has 0 saturated carbocycles. The number of hydrogen-bond acceptors (Lipinski definition) is 4. The van der Waals surface area contributed by atoms with E-state index in [2.05, 4.69) is 21.3 Å². The van der Waals surface area contributed by atoms with Crippen molar-refractivity contribution in [1.29, 1.82) is 0 Å². The first kappa shape index (κ1) is 17.4. The van der Waals surface area contributed by atoms with Gasteiger partial charge in [0.25, 0.3) is 0 Å². The average molecular weight is 339 g/mol. The van der Waals surface area contributed by atoms with E-state index in [1.165, 1.54) is 0 Å². The molecule has 1 aromatic heterocycles. The van der Waals surface area contributed by atoms with Gasteiger partial charge in [-0.15, -0.1) is 0 Å². The molecule has 5 heteroatoms. The van der Waals surface area contributed by atoms with Crippen molar-refractivity contribution in [2.75, 3.05) is 29.9 Å². The molecule has 2 heterocycles. The number of rotatable bonds is 6. The number of hydrogen-bond donors (Lipinski definition) is 2. The molecule has 3 rings (SSSR count). The number of nitrogens with zero attached hydrogens (tertiary/aromatic N) is 2. The number of aromatic nitrogens is 1. The maximum atomic E-state index is 12.3. The normalized spacial score (nSPS) is 15.2. The van der Waals surface area contributed by atoms with E-state index in [1.54, 1.807) is 12.4 Å². The van der Waals surface area contributed by atoms with Gasteiger partial charge < -0.3 is 15.3 Å². The Morgan fingerprint density at radius 3 is 2.72 bits per heavy atom. The van der Waals surface area contributed by atoms with Crippen molar-refractivity contribution in [2.24, 2.45) is 5.92 Å². The second kappa shape index (κ2) is 8.62. The molecule has 1 amide bonds. The quantitative estimate of drug-likeness (QED) is 0.849. The molecule has 0 unspecified atom stereocenters. The number of pyridine rings is 1. The maximum Gasteiger partial charge on any atom is 0.224 e. The van der Waals surface area contributed by atoms with E-state index in [0.717, 1.165) is 42.9 Å². The molecule has 0 aliphatic carbocycles. The summed E-state index contributed by atoms with van der Waals surface area (Å²) in [4.78, 5) is 18.7. The minimum absolute atomic E-state index is 0.0153. The van der Waals surface area contributed by atoms with Crippen LogP contribution in [-0.2, 0) is 11.2 Å². The minimum Gasteiger partial charge on any atom is -0.396 e. The van der Waals surface area contributed by atoms with Gasteiger partial charge in [0.1, 0.15) is 0 Å². The monoisotopic (exact) mass is 339 g/mol. The van der Waals surface area contributed by atoms with Gasteiger partial charge >= 0.3 is 0 Å². The zero-order valence-corrected chi connectivity index (χ0v) is 14.4. The maximum absolute atomic E-state index is 12.3. The van der Waals surface area contributed by atoms with Crippen LogP contribution in [0.4, 0.5) is 11.4 Å². The number of aryl methyl sites for hydroxylation is 1. The van der Waals surface area contributed by atoms with E-state index in [4.69, 9.17) is 0 Å². The predicted molar refractivity (Wildman–Crippen MR) is 99.7 cm³/mol. The largest absolute Gasteiger partial charge is 0.396 e. The molecule has 25 heavy (non-hydrogen) atoms. The number of piperidine rings is 1. The number of benzene rings is 1. The van der Waals surface area contributed by atoms with E-state index in [-0.39, 0.29) is 12.5 Å². The van der Waals surface area contributed by atoms with Crippen LogP contribution in [0.25, 0.3) is 0 Å². The lowest BCUT2D eigenvalue weighted by Gasteiger charge is -2.34. The highest BCUT2D eigenvalue weighted by Crippen LogP contribution is 2.29. The van der Waals surface area contributed by atoms with Gasteiger partial charge in [-0.3, -0.25) is 9.78 Å². The van der Waals surface area contributed by atoms with Crippen molar-refractivity contribution in [1.82, 2.24) is 4.98 Å². The minimum atomic E-state index is 0.0153. The van der Waals surface area contributed by atoms with Crippen molar-refractivity contribution >= 4 is 17.3 Å². The van der Waals surface area contributed by atoms with E-state index in [9.17, 15) is 9.90 Å². The first-order valence-electron chi connectivity index (χ1n) is 8.90. The van der Waals surface area contributed by atoms with Crippen LogP contribution in [0.1, 0.15) is 24.8 Å². The Kier molecular flexibility index (Phi) is 6.01. The fraction of sp³-hybridized carbons (Fsp3) is 0.400. The Bertz CT molecular complexity index is 682. The van der Waals surface area contributed by atoms with E-state index < -0.39 is 0 Å². The lowest BCUT2D eigenvalue weighted by atomic mass is 9.97. The van der Waals surface area contributed by atoms with Crippen LogP contribution >= 0.6 is 0 Å². The number of carbonyl (C=O) groups excluding carboxylic acids is 1. The van der Waals surface area contributed by atoms with Gasteiger partial charge in [0, 0.05) is 38.5 Å². The molecule has 132 valence electrons. The molecule has 1 saturated heterocycles. The highest BCUT2D eigenvalue weighted by molar-refractivity contribution is 5.94. The smallest absolute Gasteiger partial charge is 0.224 e. The van der Waals surface area contributed by atoms with Crippen LogP contribution in [0, 0.1) is 5.92 Å². The molecular weight excluding hydrogens is 314 g/mol. The fourth-order valence-corrected chi connectivity index (χ4v) is 3.23. The van der Waals surface area contributed by atoms with Crippen LogP contribution in [0.15, 0.2) is 48.8 Å². The number of anilines is 2. The summed E-state index contributed by atoms with van der Waals surface area (Å²) in [5, 5.41) is 12.3. The van der Waals surface area contributed by atoms with Gasteiger partial charge in [-0.1, -0.05) is 18.2 Å². The second-order valence-electron chi connectivity index (χ2n) is 6.54. The summed E-state index contributed by atoms with van der Waals surface area (Å²) >= 11 is 0. The Balaban J connectivity index is 1.60. The predicted octanol–water partition coefficient (Wildman–Crippen LogP) is 2.86. The molecule has 0 bridgehead atoms. The molecule has 1 aliphatic rings. The van der Waals surface area contributed by atoms with Crippen LogP contribution in [-0.4, -0.2) is 35.7 Å². The Morgan fingerprint density at radius 2 is 2.00 bits per heavy atom. The summed E-state index contributed by atoms with van der Waals surface area (Å²) in [6.45, 7) is 2.09. The summed E-state index contributed by atoms with van der Waals surface area (Å²) in [7, 11) is 0. The van der Waals surface area contributed by atoms with E-state index in [0.29, 0.717) is 18.8 Å². The van der Waals surface area contributed by atoms with Gasteiger partial charge in [0.2, 0.25) is 5.91 Å². The topological polar surface area (TPSA) is 65.5 Å². The second-order valence-corrected chi connectivity index (χ2v) is 6.54. The van der Waals surface area contributed by atoms with Crippen molar-refractivity contribution in [3.05, 3.63) is 54.4 Å². The highest BCUT2D eigenvalue weighted by atomic mass is 16.3. The third kappa shape index (κ3) is 4.79. The molecule has 1 aromatic carbocycles. The fourth-order valence-electron chi connectivity index (χ4n) is 3.23. The summed E-state index contributed by atoms with van der Waals surface area (Å²) < 4.78 is 0. The zero-order valence-electron chi connectivity index (χ0n) is 14.4. The summed E-state index contributed by atoms with van der Waals surface area (Å²) in [5.74, 6) is 0.416. The first-order chi connectivity index (χ1) is 12.3. The van der Waals surface area contributed by atoms with Crippen LogP contribution in [0.2, 0.25) is 0 Å². The number of aliphatic hydroxyl groups excluding tert-OH is 1. The molecule has 5 nitrogen and oxygen atoms in total. The summed E-state index contributed by atoms with van der Waals surface area (Å²) in [6, 6.07) is 11.8. The van der Waals surface area contributed by atoms with E-state index >= 15 is 0 Å². The van der Waals surface area contributed by atoms with Crippen molar-refractivity contribution in [3.8, 4) is 0 Å². The van der Waals surface area contributed by atoms with Gasteiger partial charge in [-0.2, -0.15) is 0 Å². The van der Waals surface area contributed by atoms with Crippen LogP contribution in [0.3, 0.4) is 0 Å². The molecular formula is C20H25N3O2. The molecule has 2 N–H and O–H groups in total. The van der Waals surface area contributed by atoms with Crippen molar-refractivity contribution in [2.45, 2.75) is 25.7 Å². The highest BCUT2D eigenvalue weighted by Gasteiger charge is 2.20. The van der Waals surface area contributed by atoms with Gasteiger partial charge in [0.15, 0.2) is 0 Å². The third-order valence-corrected chi connectivity index (χ3v) is 4.76. The van der Waals surface area contributed by atoms with Gasteiger partial charge in [0.05, 0.1) is 11.4 Å². The average Bonchev–Trinajstić information content (AvgIpc) is 2.68. The first-order valence-corrected chi connectivity index (χ1v) is 8.90. The number of para-hydroxylation sites is 2. The Morgan fingerprint density at radius 1 is 1.20 bits per heavy atom. The van der Waals surface area contributed by atoms with E-state index in [1.807, 2.05) is 30.3 Å². The molecule has 1 aliphatic heterocycles. The lowest BCUT2D eigenvalue weighted by molar-refractivity contribution is -0.116. The zero-order chi connectivity index (χ0) is 17.5. The Hall–Kier alpha value is -2.40. The lowest BCUT2D eigenvalue weighted by Crippen LogP contribution is -2.35. The van der Waals surface area contributed by atoms with Crippen molar-refractivity contribution < 1.29 is 9.90 Å². The van der Waals surface area contributed by atoms with Gasteiger partial charge in [-0.25, -0.2) is 0 Å². The summed E-state index contributed by atoms with van der Waals surface area (Å²) in [6.07, 6.45) is 6.63. The summed E-state index contributed by atoms with van der Waals surface area (Å²) in [5.41, 5.74) is 2.99. The molecule has 0 spiro atoms. The number of nitrogens with one attached hydrogen (secondary N) is 1. The SMILES string of the molecule is O=C(CCc1cccnc1)Nc1ccccc1N1CCC(CO)CC1. The molecule has 2 aromatic rings. The molecule has 1 fully saturated rings. The number of amides is 1. The standard InChI is InChI=1S/C20H25N3O2/c24-15-17-9-12-23(13-10-17)19-6-2-1-5-18(19)22-20(25)8-7-16-4-3-11-21-14-16/h1-6,11,14,17,24H,7-10,12-13,15H2,(H,22,25). The van der Waals surface area contributed by atoms with Crippen molar-refractivity contribution in [3.63, 3.8) is 0 Å². The van der Waals surface area contributed by atoms with Crippen LogP contribution < -0.4 is 10.2 Å². The van der Waals surface area contributed by atoms with Crippen LogP contribution in [0.5, 0.6) is 0 Å². The number of carbonyl (C=O) groups is 1. The number of aliphatic hydroxyl groups is 1. The molecule has 0 atom stereocenters. The third-order valence-electron chi connectivity index (χ3n) is 4.76. The molecule has 0 radical (unpaired) electrons. The van der Waals surface area contributed by atoms with Gasteiger partial charge in [-0.05, 0) is 48.9 Å².